The number of hydrogen-bond acceptors (Lipinski definition) is 5. The number of carbonyl (C=O) groups is 1. The molecule has 1 amide bonds. The molecule has 1 unspecified atom stereocenters. The molecule has 35 heavy (non-hydrogen) atoms. The largest absolute Gasteiger partial charge is 0.362 e. The number of benzene rings is 2. The standard InChI is InChI=1S/C28H26ClN5O/c1-4-28(20-15-31-34-25(20)32-22-14-27(2,3)33-26(35)23(22)28)17-8-5-7-16(13-17)18-11-12-30-24-19(18)9-6-10-21(24)29/h5-13,15,25,32H,4,14H2,1-3H3,(H,33,35)/t25?,28-/m1/s1. The van der Waals surface area contributed by atoms with Gasteiger partial charge in [0.25, 0.3) is 5.91 Å². The molecule has 7 heteroatoms. The van der Waals surface area contributed by atoms with Gasteiger partial charge in [0.15, 0.2) is 6.17 Å². The van der Waals surface area contributed by atoms with Crippen LogP contribution in [-0.2, 0) is 10.2 Å². The maximum absolute atomic E-state index is 13.6. The van der Waals surface area contributed by atoms with Gasteiger partial charge in [0.1, 0.15) is 0 Å². The number of nitrogens with zero attached hydrogens (tertiary/aromatic N) is 3. The second-order valence-electron chi connectivity index (χ2n) is 10.1. The number of aromatic nitrogens is 1. The SMILES string of the molecule is CC[C@@]1(c2cccc(-c3ccnc4c(Cl)cccc34)c2)C2=CN=NC2NC2=C1C(=O)NC(C)(C)C2. The number of amides is 1. The molecule has 0 saturated heterocycles. The molecule has 2 atom stereocenters. The predicted molar refractivity (Wildman–Crippen MR) is 138 cm³/mol. The van der Waals surface area contributed by atoms with Crippen LogP contribution in [0, 0.1) is 0 Å². The summed E-state index contributed by atoms with van der Waals surface area (Å²) in [5.74, 6) is -0.0385. The van der Waals surface area contributed by atoms with Gasteiger partial charge in [0.05, 0.1) is 27.7 Å². The molecule has 0 fully saturated rings. The predicted octanol–water partition coefficient (Wildman–Crippen LogP) is 6.03. The zero-order chi connectivity index (χ0) is 24.4. The first-order valence-corrected chi connectivity index (χ1v) is 12.3. The molecule has 0 bridgehead atoms. The molecule has 0 saturated carbocycles. The fraction of sp³-hybridized carbons (Fsp3) is 0.286. The first kappa shape index (κ1) is 22.0. The van der Waals surface area contributed by atoms with Crippen molar-refractivity contribution in [1.29, 1.82) is 0 Å². The van der Waals surface area contributed by atoms with Crippen LogP contribution in [0.4, 0.5) is 0 Å². The summed E-state index contributed by atoms with van der Waals surface area (Å²) in [5.41, 5.74) is 5.69. The number of hydrogen-bond donors (Lipinski definition) is 2. The van der Waals surface area contributed by atoms with Crippen molar-refractivity contribution >= 4 is 28.4 Å². The van der Waals surface area contributed by atoms with E-state index in [-0.39, 0.29) is 17.6 Å². The van der Waals surface area contributed by atoms with E-state index >= 15 is 0 Å². The lowest BCUT2D eigenvalue weighted by atomic mass is 9.62. The van der Waals surface area contributed by atoms with Crippen molar-refractivity contribution in [2.75, 3.05) is 0 Å². The summed E-state index contributed by atoms with van der Waals surface area (Å²) in [6.45, 7) is 6.23. The van der Waals surface area contributed by atoms with Crippen molar-refractivity contribution in [1.82, 2.24) is 15.6 Å². The van der Waals surface area contributed by atoms with Crippen LogP contribution >= 0.6 is 11.6 Å². The topological polar surface area (TPSA) is 78.7 Å². The highest BCUT2D eigenvalue weighted by atomic mass is 35.5. The number of fused-ring (bicyclic) bond motifs is 2. The quantitative estimate of drug-likeness (QED) is 0.477. The van der Waals surface area contributed by atoms with Gasteiger partial charge < -0.3 is 10.6 Å². The summed E-state index contributed by atoms with van der Waals surface area (Å²) in [5, 5.41) is 17.1. The van der Waals surface area contributed by atoms with Crippen LogP contribution in [0.25, 0.3) is 22.0 Å². The van der Waals surface area contributed by atoms with Gasteiger partial charge in [-0.05, 0) is 55.2 Å². The van der Waals surface area contributed by atoms with Crippen LogP contribution in [0.5, 0.6) is 0 Å². The third-order valence-electron chi connectivity index (χ3n) is 7.42. The van der Waals surface area contributed by atoms with Crippen molar-refractivity contribution in [3.63, 3.8) is 0 Å². The first-order valence-electron chi connectivity index (χ1n) is 11.9. The lowest BCUT2D eigenvalue weighted by molar-refractivity contribution is -0.120. The fourth-order valence-electron chi connectivity index (χ4n) is 5.95. The number of pyridine rings is 1. The summed E-state index contributed by atoms with van der Waals surface area (Å²) in [6, 6.07) is 16.3. The minimum Gasteiger partial charge on any atom is -0.362 e. The second kappa shape index (κ2) is 7.75. The van der Waals surface area contributed by atoms with Gasteiger partial charge in [-0.2, -0.15) is 10.2 Å². The van der Waals surface area contributed by atoms with Gasteiger partial charge in [0, 0.05) is 34.8 Å². The third-order valence-corrected chi connectivity index (χ3v) is 7.73. The molecular weight excluding hydrogens is 458 g/mol. The molecule has 2 N–H and O–H groups in total. The highest BCUT2D eigenvalue weighted by Gasteiger charge is 2.53. The second-order valence-corrected chi connectivity index (χ2v) is 10.5. The van der Waals surface area contributed by atoms with Crippen LogP contribution in [-0.4, -0.2) is 22.6 Å². The van der Waals surface area contributed by atoms with E-state index < -0.39 is 5.41 Å². The van der Waals surface area contributed by atoms with Gasteiger partial charge >= 0.3 is 0 Å². The Kier molecular flexibility index (Phi) is 4.87. The Balaban J connectivity index is 1.59. The smallest absolute Gasteiger partial charge is 0.250 e. The molecule has 6 nitrogen and oxygen atoms in total. The van der Waals surface area contributed by atoms with E-state index in [0.717, 1.165) is 44.4 Å². The summed E-state index contributed by atoms with van der Waals surface area (Å²) >= 11 is 6.44. The number of para-hydroxylation sites is 1. The molecule has 0 aliphatic carbocycles. The maximum atomic E-state index is 13.6. The van der Waals surface area contributed by atoms with E-state index in [1.165, 1.54) is 0 Å². The van der Waals surface area contributed by atoms with E-state index in [1.54, 1.807) is 6.20 Å². The van der Waals surface area contributed by atoms with Crippen molar-refractivity contribution in [3.05, 3.63) is 88.4 Å². The maximum Gasteiger partial charge on any atom is 0.250 e. The first-order chi connectivity index (χ1) is 16.8. The molecule has 4 heterocycles. The Labute approximate surface area is 209 Å². The molecule has 3 aliphatic rings. The van der Waals surface area contributed by atoms with Crippen LogP contribution in [0.2, 0.25) is 5.02 Å². The third kappa shape index (κ3) is 3.23. The molecule has 3 aliphatic heterocycles. The number of nitrogens with one attached hydrogen (secondary N) is 2. The molecule has 0 spiro atoms. The molecule has 6 rings (SSSR count). The van der Waals surface area contributed by atoms with Crippen molar-refractivity contribution < 1.29 is 4.79 Å². The van der Waals surface area contributed by atoms with E-state index in [9.17, 15) is 4.79 Å². The fourth-order valence-corrected chi connectivity index (χ4v) is 6.17. The minimum absolute atomic E-state index is 0.0385. The lowest BCUT2D eigenvalue weighted by Crippen LogP contribution is -2.58. The Morgan fingerprint density at radius 2 is 1.97 bits per heavy atom. The highest BCUT2D eigenvalue weighted by Crippen LogP contribution is 2.51. The summed E-state index contributed by atoms with van der Waals surface area (Å²) in [4.78, 5) is 18.1. The van der Waals surface area contributed by atoms with E-state index in [2.05, 4.69) is 57.0 Å². The zero-order valence-corrected chi connectivity index (χ0v) is 20.6. The van der Waals surface area contributed by atoms with Gasteiger partial charge in [-0.1, -0.05) is 48.9 Å². The molecule has 176 valence electrons. The van der Waals surface area contributed by atoms with Gasteiger partial charge in [-0.15, -0.1) is 0 Å². The van der Waals surface area contributed by atoms with Crippen LogP contribution in [0.3, 0.4) is 0 Å². The van der Waals surface area contributed by atoms with E-state index in [1.807, 2.05) is 44.3 Å². The van der Waals surface area contributed by atoms with Gasteiger partial charge in [0.2, 0.25) is 0 Å². The van der Waals surface area contributed by atoms with Crippen molar-refractivity contribution in [3.8, 4) is 11.1 Å². The summed E-state index contributed by atoms with van der Waals surface area (Å²) in [7, 11) is 0. The Morgan fingerprint density at radius 1 is 1.14 bits per heavy atom. The highest BCUT2D eigenvalue weighted by molar-refractivity contribution is 6.35. The Morgan fingerprint density at radius 3 is 2.80 bits per heavy atom. The average molecular weight is 484 g/mol. The van der Waals surface area contributed by atoms with Crippen molar-refractivity contribution in [2.24, 2.45) is 10.2 Å². The lowest BCUT2D eigenvalue weighted by Gasteiger charge is -2.48. The summed E-state index contributed by atoms with van der Waals surface area (Å²) < 4.78 is 0. The summed E-state index contributed by atoms with van der Waals surface area (Å²) in [6.07, 6.45) is 4.77. The number of rotatable bonds is 3. The molecule has 0 radical (unpaired) electrons. The monoisotopic (exact) mass is 483 g/mol. The van der Waals surface area contributed by atoms with Crippen molar-refractivity contribution in [2.45, 2.75) is 50.7 Å². The van der Waals surface area contributed by atoms with E-state index in [4.69, 9.17) is 11.6 Å². The van der Waals surface area contributed by atoms with Gasteiger partial charge in [-0.25, -0.2) is 0 Å². The number of azo groups is 1. The molecule has 2 aromatic carbocycles. The average Bonchev–Trinajstić information content (AvgIpc) is 3.31. The number of carbonyl (C=O) groups excluding carboxylic acids is 1. The van der Waals surface area contributed by atoms with Crippen LogP contribution in [0.1, 0.15) is 39.2 Å². The number of halogens is 1. The van der Waals surface area contributed by atoms with Gasteiger partial charge in [-0.3, -0.25) is 9.78 Å². The Bertz CT molecular complexity index is 1490. The Hall–Kier alpha value is -3.51. The van der Waals surface area contributed by atoms with Crippen LogP contribution < -0.4 is 10.6 Å². The van der Waals surface area contributed by atoms with Crippen LogP contribution in [0.15, 0.2) is 88.0 Å². The molecule has 1 aromatic heterocycles. The molecular formula is C28H26ClN5O. The zero-order valence-electron chi connectivity index (χ0n) is 19.9. The minimum atomic E-state index is -0.633. The molecule has 3 aromatic rings. The van der Waals surface area contributed by atoms with E-state index in [0.29, 0.717) is 17.9 Å². The normalized spacial score (nSPS) is 24.5.